The van der Waals surface area contributed by atoms with E-state index in [4.69, 9.17) is 0 Å². The Morgan fingerprint density at radius 1 is 0.500 bits per heavy atom. The molecule has 0 fully saturated rings. The summed E-state index contributed by atoms with van der Waals surface area (Å²) >= 11 is 0. The van der Waals surface area contributed by atoms with Gasteiger partial charge in [0.25, 0.3) is 0 Å². The highest BCUT2D eigenvalue weighted by Crippen LogP contribution is 2.26. The van der Waals surface area contributed by atoms with Crippen LogP contribution in [-0.2, 0) is 9.59 Å². The Morgan fingerprint density at radius 2 is 0.841 bits per heavy atom. The first-order valence-electron chi connectivity index (χ1n) is 18.9. The van der Waals surface area contributed by atoms with Crippen molar-refractivity contribution in [3.05, 3.63) is 24.3 Å². The summed E-state index contributed by atoms with van der Waals surface area (Å²) in [5, 5.41) is 30.1. The fraction of sp³-hybridized carbons (Fsp3) is 0.846. The number of carbonyl (C=O) groups is 2. The van der Waals surface area contributed by atoms with Gasteiger partial charge in [0.2, 0.25) is 0 Å². The van der Waals surface area contributed by atoms with E-state index in [0.717, 1.165) is 64.2 Å². The quantitative estimate of drug-likeness (QED) is 0.0491. The molecule has 0 bridgehead atoms. The fourth-order valence-electron chi connectivity index (χ4n) is 5.97. The molecule has 0 aromatic heterocycles. The van der Waals surface area contributed by atoms with Crippen molar-refractivity contribution in [3.63, 3.8) is 0 Å². The molecule has 0 aromatic rings. The molecule has 0 amide bonds. The molecule has 0 spiro atoms. The van der Waals surface area contributed by atoms with Crippen LogP contribution in [-0.4, -0.2) is 32.9 Å². The van der Waals surface area contributed by atoms with Crippen LogP contribution in [0.5, 0.6) is 0 Å². The summed E-state index contributed by atoms with van der Waals surface area (Å²) in [5.41, 5.74) is -1.75. The molecule has 5 heteroatoms. The number of carboxylic acids is 2. The Balaban J connectivity index is 3.98. The van der Waals surface area contributed by atoms with Gasteiger partial charge in [-0.05, 0) is 89.9 Å². The average molecular weight is 621 g/mol. The van der Waals surface area contributed by atoms with Crippen LogP contribution in [0.1, 0.15) is 200 Å². The van der Waals surface area contributed by atoms with Crippen molar-refractivity contribution in [1.82, 2.24) is 0 Å². The third kappa shape index (κ3) is 26.8. The molecule has 258 valence electrons. The molecule has 2 atom stereocenters. The van der Waals surface area contributed by atoms with E-state index < -0.39 is 23.5 Å². The Morgan fingerprint density at radius 3 is 1.25 bits per heavy atom. The Bertz CT molecular complexity index is 715. The van der Waals surface area contributed by atoms with Crippen molar-refractivity contribution >= 4 is 11.9 Å². The van der Waals surface area contributed by atoms with Crippen molar-refractivity contribution in [2.24, 2.45) is 5.92 Å². The van der Waals surface area contributed by atoms with Crippen molar-refractivity contribution in [2.75, 3.05) is 0 Å². The van der Waals surface area contributed by atoms with Crippen LogP contribution in [0.3, 0.4) is 0 Å². The van der Waals surface area contributed by atoms with Crippen LogP contribution in [0.2, 0.25) is 0 Å². The van der Waals surface area contributed by atoms with E-state index in [1.807, 2.05) is 0 Å². The molecule has 3 N–H and O–H groups in total. The van der Waals surface area contributed by atoms with Crippen LogP contribution in [0.25, 0.3) is 0 Å². The predicted molar refractivity (Wildman–Crippen MR) is 187 cm³/mol. The number of aliphatic carboxylic acids is 2. The van der Waals surface area contributed by atoms with E-state index in [1.165, 1.54) is 83.5 Å². The van der Waals surface area contributed by atoms with Crippen molar-refractivity contribution in [1.29, 1.82) is 0 Å². The highest BCUT2D eigenvalue weighted by molar-refractivity contribution is 5.77. The molecule has 0 aliphatic heterocycles. The van der Waals surface area contributed by atoms with Crippen molar-refractivity contribution in [2.45, 2.75) is 206 Å². The third-order valence-electron chi connectivity index (χ3n) is 9.06. The predicted octanol–water partition coefficient (Wildman–Crippen LogP) is 12.0. The molecule has 0 radical (unpaired) electrons. The smallest absolute Gasteiger partial charge is 0.335 e. The Labute approximate surface area is 272 Å². The van der Waals surface area contributed by atoms with Gasteiger partial charge in [-0.25, -0.2) is 4.79 Å². The van der Waals surface area contributed by atoms with E-state index in [-0.39, 0.29) is 12.8 Å². The molecule has 0 saturated carbocycles. The number of allylic oxidation sites excluding steroid dienone is 4. The highest BCUT2D eigenvalue weighted by Gasteiger charge is 2.35. The summed E-state index contributed by atoms with van der Waals surface area (Å²) in [6.07, 6.45) is 39.4. The van der Waals surface area contributed by atoms with Crippen LogP contribution in [0, 0.1) is 5.92 Å². The molecule has 5 nitrogen and oxygen atoms in total. The largest absolute Gasteiger partial charge is 0.481 e. The zero-order valence-electron chi connectivity index (χ0n) is 29.1. The van der Waals surface area contributed by atoms with Gasteiger partial charge in [0.15, 0.2) is 5.60 Å². The zero-order chi connectivity index (χ0) is 32.6. The summed E-state index contributed by atoms with van der Waals surface area (Å²) in [6, 6.07) is 0. The van der Waals surface area contributed by atoms with Gasteiger partial charge in [0, 0.05) is 0 Å². The first-order valence-corrected chi connectivity index (χ1v) is 18.9. The minimum Gasteiger partial charge on any atom is -0.481 e. The van der Waals surface area contributed by atoms with Gasteiger partial charge in [0.05, 0.1) is 5.92 Å². The molecule has 0 aromatic carbocycles. The number of aliphatic hydroxyl groups is 1. The van der Waals surface area contributed by atoms with E-state index in [2.05, 4.69) is 38.2 Å². The number of hydrogen-bond donors (Lipinski definition) is 3. The molecule has 0 saturated heterocycles. The third-order valence-corrected chi connectivity index (χ3v) is 9.06. The zero-order valence-corrected chi connectivity index (χ0v) is 29.1. The van der Waals surface area contributed by atoms with Gasteiger partial charge >= 0.3 is 11.9 Å². The maximum atomic E-state index is 11.8. The topological polar surface area (TPSA) is 94.8 Å². The first-order chi connectivity index (χ1) is 21.4. The second-order valence-corrected chi connectivity index (χ2v) is 13.3. The Kier molecular flexibility index (Phi) is 30.2. The second-order valence-electron chi connectivity index (χ2n) is 13.3. The lowest BCUT2D eigenvalue weighted by Gasteiger charge is -2.24. The number of carboxylic acid groups (broad SMARTS) is 2. The minimum absolute atomic E-state index is 0.123. The van der Waals surface area contributed by atoms with E-state index in [1.54, 1.807) is 0 Å². The fourth-order valence-corrected chi connectivity index (χ4v) is 5.97. The summed E-state index contributed by atoms with van der Waals surface area (Å²) in [4.78, 5) is 23.6. The lowest BCUT2D eigenvalue weighted by molar-refractivity contribution is -0.160. The number of unbranched alkanes of at least 4 members (excludes halogenated alkanes) is 20. The van der Waals surface area contributed by atoms with Gasteiger partial charge in [-0.15, -0.1) is 0 Å². The van der Waals surface area contributed by atoms with Gasteiger partial charge in [-0.3, -0.25) is 4.79 Å². The second kappa shape index (κ2) is 31.4. The standard InChI is InChI=1S/C39H72O5/c1-3-5-7-9-11-13-15-17-19-21-23-25-27-29-32-36(37(40)41)33-31-35-39(44,38(42)43)34-30-28-26-24-22-20-18-16-14-12-10-8-6-4-2/h17-20,36,44H,3-16,21-35H2,1-2H3,(H,40,41)(H,42,43)/b19-17-,20-18-. The lowest BCUT2D eigenvalue weighted by atomic mass is 9.87. The maximum Gasteiger partial charge on any atom is 0.335 e. The van der Waals surface area contributed by atoms with E-state index in [0.29, 0.717) is 25.7 Å². The molecule has 0 rings (SSSR count). The molecule has 44 heavy (non-hydrogen) atoms. The van der Waals surface area contributed by atoms with Crippen LogP contribution in [0.15, 0.2) is 24.3 Å². The van der Waals surface area contributed by atoms with Crippen LogP contribution < -0.4 is 0 Å². The molecular weight excluding hydrogens is 548 g/mol. The summed E-state index contributed by atoms with van der Waals surface area (Å²) < 4.78 is 0. The summed E-state index contributed by atoms with van der Waals surface area (Å²) in [5.74, 6) is -2.44. The van der Waals surface area contributed by atoms with Gasteiger partial charge < -0.3 is 15.3 Å². The maximum absolute atomic E-state index is 11.8. The van der Waals surface area contributed by atoms with Crippen molar-refractivity contribution in [3.8, 4) is 0 Å². The lowest BCUT2D eigenvalue weighted by Crippen LogP contribution is -2.38. The first kappa shape index (κ1) is 42.4. The van der Waals surface area contributed by atoms with Crippen LogP contribution in [0.4, 0.5) is 0 Å². The summed E-state index contributed by atoms with van der Waals surface area (Å²) in [7, 11) is 0. The highest BCUT2D eigenvalue weighted by atomic mass is 16.4. The normalized spacial score (nSPS) is 14.0. The number of rotatable bonds is 34. The van der Waals surface area contributed by atoms with E-state index in [9.17, 15) is 24.9 Å². The van der Waals surface area contributed by atoms with Gasteiger partial charge in [-0.2, -0.15) is 0 Å². The SMILES string of the molecule is CCCCCCCC/C=C\CCCCCCC(CCCC(O)(CCCCCC/C=C\CCCCCCCC)C(=O)O)C(=O)O. The summed E-state index contributed by atoms with van der Waals surface area (Å²) in [6.45, 7) is 4.49. The van der Waals surface area contributed by atoms with Crippen molar-refractivity contribution < 1.29 is 24.9 Å². The average Bonchev–Trinajstić information content (AvgIpc) is 3.00. The number of hydrogen-bond acceptors (Lipinski definition) is 3. The van der Waals surface area contributed by atoms with Crippen LogP contribution >= 0.6 is 0 Å². The molecule has 0 heterocycles. The molecular formula is C39H72O5. The molecule has 0 aliphatic carbocycles. The molecule has 0 aliphatic rings. The molecule has 2 unspecified atom stereocenters. The van der Waals surface area contributed by atoms with Gasteiger partial charge in [0.1, 0.15) is 0 Å². The van der Waals surface area contributed by atoms with Gasteiger partial charge in [-0.1, -0.05) is 134 Å². The Hall–Kier alpha value is -1.62. The monoisotopic (exact) mass is 621 g/mol. The minimum atomic E-state index is -1.75. The van der Waals surface area contributed by atoms with E-state index >= 15 is 0 Å².